The third-order valence-corrected chi connectivity index (χ3v) is 2.95. The van der Waals surface area contributed by atoms with Crippen LogP contribution < -0.4 is 10.6 Å². The topological polar surface area (TPSA) is 66.9 Å². The smallest absolute Gasteiger partial charge is 0.239 e. The van der Waals surface area contributed by atoms with Crippen molar-refractivity contribution in [2.24, 2.45) is 0 Å². The molecule has 0 spiro atoms. The Labute approximate surface area is 122 Å². The van der Waals surface area contributed by atoms with Crippen LogP contribution in [0.4, 0.5) is 10.2 Å². The summed E-state index contributed by atoms with van der Waals surface area (Å²) >= 11 is 0. The average molecular weight is 288 g/mol. The second-order valence-electron chi connectivity index (χ2n) is 4.45. The van der Waals surface area contributed by atoms with Crippen molar-refractivity contribution in [2.45, 2.75) is 19.9 Å². The SMILES string of the molecule is CCc1ncnc(NCC(=O)NCc2ccccc2)c1F. The molecule has 5 nitrogen and oxygen atoms in total. The Morgan fingerprint density at radius 1 is 1.24 bits per heavy atom. The van der Waals surface area contributed by atoms with Gasteiger partial charge >= 0.3 is 0 Å². The molecule has 2 rings (SSSR count). The first-order chi connectivity index (χ1) is 10.2. The van der Waals surface area contributed by atoms with E-state index in [0.29, 0.717) is 18.7 Å². The van der Waals surface area contributed by atoms with Gasteiger partial charge in [0.1, 0.15) is 6.33 Å². The van der Waals surface area contributed by atoms with E-state index in [2.05, 4.69) is 20.6 Å². The number of aromatic nitrogens is 2. The van der Waals surface area contributed by atoms with Crippen LogP contribution in [-0.2, 0) is 17.8 Å². The van der Waals surface area contributed by atoms with Crippen molar-refractivity contribution >= 4 is 11.7 Å². The first-order valence-corrected chi connectivity index (χ1v) is 6.74. The molecule has 0 aliphatic carbocycles. The minimum absolute atomic E-state index is 0.0378. The number of nitrogens with zero attached hydrogens (tertiary/aromatic N) is 2. The lowest BCUT2D eigenvalue weighted by Crippen LogP contribution is -2.29. The minimum atomic E-state index is -0.504. The number of anilines is 1. The van der Waals surface area contributed by atoms with E-state index in [1.165, 1.54) is 6.33 Å². The Balaban J connectivity index is 1.84. The van der Waals surface area contributed by atoms with Crippen molar-refractivity contribution in [3.05, 3.63) is 53.7 Å². The highest BCUT2D eigenvalue weighted by molar-refractivity contribution is 5.80. The van der Waals surface area contributed by atoms with Crippen molar-refractivity contribution in [3.63, 3.8) is 0 Å². The van der Waals surface area contributed by atoms with E-state index in [0.717, 1.165) is 5.56 Å². The summed E-state index contributed by atoms with van der Waals surface area (Å²) in [6, 6.07) is 9.57. The van der Waals surface area contributed by atoms with Crippen molar-refractivity contribution in [3.8, 4) is 0 Å². The fourth-order valence-corrected chi connectivity index (χ4v) is 1.80. The average Bonchev–Trinajstić information content (AvgIpc) is 2.53. The first kappa shape index (κ1) is 14.9. The molecule has 0 bridgehead atoms. The van der Waals surface area contributed by atoms with Crippen LogP contribution in [0.1, 0.15) is 18.2 Å². The van der Waals surface area contributed by atoms with Crippen LogP contribution in [0, 0.1) is 5.82 Å². The van der Waals surface area contributed by atoms with Crippen molar-refractivity contribution in [1.82, 2.24) is 15.3 Å². The maximum atomic E-state index is 13.9. The molecule has 0 radical (unpaired) electrons. The Kier molecular flexibility index (Phi) is 5.20. The molecule has 0 unspecified atom stereocenters. The molecule has 0 fully saturated rings. The van der Waals surface area contributed by atoms with E-state index in [-0.39, 0.29) is 18.3 Å². The molecule has 1 amide bonds. The quantitative estimate of drug-likeness (QED) is 0.852. The van der Waals surface area contributed by atoms with Gasteiger partial charge in [0.25, 0.3) is 0 Å². The maximum Gasteiger partial charge on any atom is 0.239 e. The standard InChI is InChI=1S/C15H17FN4O/c1-2-12-14(16)15(20-10-19-12)18-9-13(21)17-8-11-6-4-3-5-7-11/h3-7,10H,2,8-9H2,1H3,(H,17,21)(H,18,19,20). The number of carbonyl (C=O) groups excluding carboxylic acids is 1. The first-order valence-electron chi connectivity index (χ1n) is 6.74. The Bertz CT molecular complexity index is 604. The second-order valence-corrected chi connectivity index (χ2v) is 4.45. The normalized spacial score (nSPS) is 10.2. The molecule has 0 saturated carbocycles. The summed E-state index contributed by atoms with van der Waals surface area (Å²) in [4.78, 5) is 19.3. The number of aryl methyl sites for hydroxylation is 1. The van der Waals surface area contributed by atoms with Gasteiger partial charge < -0.3 is 10.6 Å². The van der Waals surface area contributed by atoms with Crippen molar-refractivity contribution in [2.75, 3.05) is 11.9 Å². The lowest BCUT2D eigenvalue weighted by atomic mass is 10.2. The Hall–Kier alpha value is -2.50. The summed E-state index contributed by atoms with van der Waals surface area (Å²) in [5.41, 5.74) is 1.34. The van der Waals surface area contributed by atoms with E-state index in [1.807, 2.05) is 37.3 Å². The molecule has 6 heteroatoms. The summed E-state index contributed by atoms with van der Waals surface area (Å²) in [6.45, 7) is 2.21. The highest BCUT2D eigenvalue weighted by Crippen LogP contribution is 2.12. The predicted octanol–water partition coefficient (Wildman–Crippen LogP) is 1.91. The number of hydrogen-bond donors (Lipinski definition) is 2. The number of hydrogen-bond acceptors (Lipinski definition) is 4. The van der Waals surface area contributed by atoms with Gasteiger partial charge in [0.2, 0.25) is 5.91 Å². The second kappa shape index (κ2) is 7.33. The largest absolute Gasteiger partial charge is 0.358 e. The van der Waals surface area contributed by atoms with Crippen LogP contribution in [0.25, 0.3) is 0 Å². The van der Waals surface area contributed by atoms with Gasteiger partial charge in [-0.05, 0) is 12.0 Å². The van der Waals surface area contributed by atoms with Gasteiger partial charge in [-0.15, -0.1) is 0 Å². The fourth-order valence-electron chi connectivity index (χ4n) is 1.80. The molecular formula is C15H17FN4O. The Morgan fingerprint density at radius 2 is 2.00 bits per heavy atom. The summed E-state index contributed by atoms with van der Waals surface area (Å²) in [6.07, 6.45) is 1.76. The van der Waals surface area contributed by atoms with E-state index >= 15 is 0 Å². The molecule has 110 valence electrons. The van der Waals surface area contributed by atoms with E-state index in [9.17, 15) is 9.18 Å². The molecule has 2 N–H and O–H groups in total. The van der Waals surface area contributed by atoms with E-state index < -0.39 is 5.82 Å². The summed E-state index contributed by atoms with van der Waals surface area (Å²) in [5.74, 6) is -0.678. The third kappa shape index (κ3) is 4.24. The fraction of sp³-hybridized carbons (Fsp3) is 0.267. The van der Waals surface area contributed by atoms with Gasteiger partial charge in [-0.1, -0.05) is 37.3 Å². The van der Waals surface area contributed by atoms with Gasteiger partial charge in [0, 0.05) is 6.54 Å². The lowest BCUT2D eigenvalue weighted by molar-refractivity contribution is -0.119. The minimum Gasteiger partial charge on any atom is -0.358 e. The molecule has 0 saturated heterocycles. The van der Waals surface area contributed by atoms with Crippen LogP contribution in [0.5, 0.6) is 0 Å². The van der Waals surface area contributed by atoms with Gasteiger partial charge in [-0.2, -0.15) is 0 Å². The number of nitrogens with one attached hydrogen (secondary N) is 2. The van der Waals surface area contributed by atoms with Crippen LogP contribution in [-0.4, -0.2) is 22.4 Å². The molecule has 1 aromatic carbocycles. The molecule has 1 heterocycles. The van der Waals surface area contributed by atoms with E-state index in [1.54, 1.807) is 0 Å². The zero-order valence-electron chi connectivity index (χ0n) is 11.8. The van der Waals surface area contributed by atoms with Crippen molar-refractivity contribution in [1.29, 1.82) is 0 Å². The zero-order chi connectivity index (χ0) is 15.1. The summed E-state index contributed by atoms with van der Waals surface area (Å²) in [7, 11) is 0. The van der Waals surface area contributed by atoms with Crippen LogP contribution in [0.3, 0.4) is 0 Å². The van der Waals surface area contributed by atoms with Gasteiger partial charge in [-0.3, -0.25) is 4.79 Å². The molecule has 1 aromatic heterocycles. The number of carbonyl (C=O) groups is 1. The van der Waals surface area contributed by atoms with Gasteiger partial charge in [0.05, 0.1) is 12.2 Å². The number of halogens is 1. The third-order valence-electron chi connectivity index (χ3n) is 2.95. The van der Waals surface area contributed by atoms with Crippen LogP contribution >= 0.6 is 0 Å². The summed E-state index contributed by atoms with van der Waals surface area (Å²) < 4.78 is 13.9. The highest BCUT2D eigenvalue weighted by Gasteiger charge is 2.10. The number of amides is 1. The molecular weight excluding hydrogens is 271 g/mol. The van der Waals surface area contributed by atoms with Gasteiger partial charge in [-0.25, -0.2) is 14.4 Å². The number of benzene rings is 1. The van der Waals surface area contributed by atoms with E-state index in [4.69, 9.17) is 0 Å². The predicted molar refractivity (Wildman–Crippen MR) is 78.1 cm³/mol. The van der Waals surface area contributed by atoms with Crippen LogP contribution in [0.15, 0.2) is 36.7 Å². The number of rotatable bonds is 6. The maximum absolute atomic E-state index is 13.9. The molecule has 0 aliphatic heterocycles. The monoisotopic (exact) mass is 288 g/mol. The molecule has 0 aliphatic rings. The summed E-state index contributed by atoms with van der Waals surface area (Å²) in [5, 5.41) is 5.44. The highest BCUT2D eigenvalue weighted by atomic mass is 19.1. The Morgan fingerprint density at radius 3 is 2.71 bits per heavy atom. The zero-order valence-corrected chi connectivity index (χ0v) is 11.8. The molecule has 21 heavy (non-hydrogen) atoms. The van der Waals surface area contributed by atoms with Crippen molar-refractivity contribution < 1.29 is 9.18 Å². The lowest BCUT2D eigenvalue weighted by Gasteiger charge is -2.09. The van der Waals surface area contributed by atoms with Gasteiger partial charge in [0.15, 0.2) is 11.6 Å². The molecule has 0 atom stereocenters. The van der Waals surface area contributed by atoms with Crippen LogP contribution in [0.2, 0.25) is 0 Å². The molecule has 2 aromatic rings.